The number of carbonyl (C=O) groups excluding carboxylic acids is 2. The van der Waals surface area contributed by atoms with Crippen molar-refractivity contribution in [1.82, 2.24) is 4.57 Å². The van der Waals surface area contributed by atoms with E-state index in [0.29, 0.717) is 11.2 Å². The molecule has 0 atom stereocenters. The predicted octanol–water partition coefficient (Wildman–Crippen LogP) is 4.82. The van der Waals surface area contributed by atoms with Gasteiger partial charge < -0.3 is 20.0 Å². The van der Waals surface area contributed by atoms with Crippen molar-refractivity contribution < 1.29 is 9.59 Å². The van der Waals surface area contributed by atoms with Gasteiger partial charge in [0, 0.05) is 23.8 Å². The molecule has 0 fully saturated rings. The zero-order chi connectivity index (χ0) is 23.7. The summed E-state index contributed by atoms with van der Waals surface area (Å²) in [7, 11) is -0.442. The number of carbonyl (C=O) groups is 2. The van der Waals surface area contributed by atoms with Crippen LogP contribution < -0.4 is 16.2 Å². The van der Waals surface area contributed by atoms with E-state index in [1.807, 2.05) is 36.4 Å². The molecule has 7 heteroatoms. The minimum absolute atomic E-state index is 0.0194. The molecular formula is C25H31N3O3Si. The van der Waals surface area contributed by atoms with Crippen molar-refractivity contribution in [1.29, 1.82) is 0 Å². The van der Waals surface area contributed by atoms with Crippen LogP contribution in [0.1, 0.15) is 31.1 Å². The minimum Gasteiger partial charge on any atom is -0.378 e. The highest BCUT2D eigenvalue weighted by Gasteiger charge is 2.41. The zero-order valence-corrected chi connectivity index (χ0v) is 20.6. The number of pyridine rings is 1. The van der Waals surface area contributed by atoms with E-state index >= 15 is 0 Å². The van der Waals surface area contributed by atoms with Gasteiger partial charge in [-0.3, -0.25) is 9.59 Å². The first-order valence-electron chi connectivity index (χ1n) is 10.7. The molecule has 2 aromatic carbocycles. The molecule has 0 aliphatic carbocycles. The Labute approximate surface area is 189 Å². The van der Waals surface area contributed by atoms with E-state index < -0.39 is 14.0 Å². The molecule has 0 aliphatic heterocycles. The predicted molar refractivity (Wildman–Crippen MR) is 134 cm³/mol. The lowest BCUT2D eigenvalue weighted by molar-refractivity contribution is -0.111. The molecule has 6 nitrogen and oxygen atoms in total. The third-order valence-electron chi connectivity index (χ3n) is 6.53. The second-order valence-electron chi connectivity index (χ2n) is 9.67. The molecule has 3 rings (SSSR count). The summed E-state index contributed by atoms with van der Waals surface area (Å²) in [5.74, 6) is -0.454. The normalized spacial score (nSPS) is 11.9. The monoisotopic (exact) mass is 449 g/mol. The maximum Gasteiger partial charge on any atom is 0.263 e. The molecule has 1 heterocycles. The number of anilines is 2. The number of hydrogen-bond acceptors (Lipinski definition) is 4. The van der Waals surface area contributed by atoms with Crippen LogP contribution in [0.4, 0.5) is 11.4 Å². The molecule has 0 aliphatic rings. The van der Waals surface area contributed by atoms with Crippen LogP contribution in [-0.2, 0) is 11.8 Å². The van der Waals surface area contributed by atoms with E-state index in [1.54, 1.807) is 25.2 Å². The third kappa shape index (κ3) is 4.67. The van der Waals surface area contributed by atoms with E-state index in [0.717, 1.165) is 11.1 Å². The Morgan fingerprint density at radius 1 is 0.969 bits per heavy atom. The number of hydrogen-bond donors (Lipinski definition) is 2. The molecule has 2 N–H and O–H groups in total. The zero-order valence-electron chi connectivity index (χ0n) is 19.6. The van der Waals surface area contributed by atoms with E-state index in [-0.39, 0.29) is 28.1 Å². The molecule has 0 saturated heterocycles. The van der Waals surface area contributed by atoms with Crippen LogP contribution in [0.15, 0.2) is 59.4 Å². The molecule has 0 bridgehead atoms. The average Bonchev–Trinajstić information content (AvgIpc) is 2.74. The first-order valence-corrected chi connectivity index (χ1v) is 13.7. The maximum atomic E-state index is 12.9. The summed E-state index contributed by atoms with van der Waals surface area (Å²) in [6.45, 7) is 10.8. The second-order valence-corrected chi connectivity index (χ2v) is 15.0. The van der Waals surface area contributed by atoms with Gasteiger partial charge in [0.25, 0.3) is 11.5 Å². The lowest BCUT2D eigenvalue weighted by Gasteiger charge is -2.35. The van der Waals surface area contributed by atoms with Gasteiger partial charge in [0.05, 0.1) is 12.1 Å². The van der Waals surface area contributed by atoms with Crippen LogP contribution in [0.2, 0.25) is 18.1 Å². The fourth-order valence-electron chi connectivity index (χ4n) is 3.30. The number of benzene rings is 2. The van der Waals surface area contributed by atoms with Crippen LogP contribution in [0.3, 0.4) is 0 Å². The summed E-state index contributed by atoms with van der Waals surface area (Å²) in [5, 5.41) is 6.99. The van der Waals surface area contributed by atoms with Gasteiger partial charge in [-0.2, -0.15) is 0 Å². The molecule has 1 amide bonds. The molecule has 168 valence electrons. The molecule has 0 saturated carbocycles. The molecule has 1 aromatic heterocycles. The highest BCUT2D eigenvalue weighted by molar-refractivity contribution is 7.06. The van der Waals surface area contributed by atoms with E-state index in [2.05, 4.69) is 44.5 Å². The lowest BCUT2D eigenvalue weighted by atomic mass is 10.1. The van der Waals surface area contributed by atoms with E-state index in [1.165, 1.54) is 4.57 Å². The number of aromatic nitrogens is 1. The Kier molecular flexibility index (Phi) is 6.41. The van der Waals surface area contributed by atoms with Gasteiger partial charge in [0.2, 0.25) is 0 Å². The number of aryl methyl sites for hydroxylation is 1. The summed E-state index contributed by atoms with van der Waals surface area (Å²) in [6, 6.07) is 16.2. The molecular weight excluding hydrogens is 418 g/mol. The lowest BCUT2D eigenvalue weighted by Crippen LogP contribution is -2.48. The van der Waals surface area contributed by atoms with Gasteiger partial charge in [-0.25, -0.2) is 0 Å². The topological polar surface area (TPSA) is 80.2 Å². The Bertz CT molecular complexity index is 1220. The van der Waals surface area contributed by atoms with Crippen molar-refractivity contribution in [3.63, 3.8) is 0 Å². The number of nitrogens with zero attached hydrogens (tertiary/aromatic N) is 1. The SMILES string of the molecule is Cn1c(=O)c(C(=O)Nc2ccccc2)cc2cc(NCC(=O)[Si](C)(C)C(C)(C)C)ccc21. The Morgan fingerprint density at radius 2 is 1.62 bits per heavy atom. The van der Waals surface area contributed by atoms with Gasteiger partial charge in [-0.1, -0.05) is 52.1 Å². The molecule has 3 aromatic rings. The van der Waals surface area contributed by atoms with Crippen molar-refractivity contribution in [2.24, 2.45) is 7.05 Å². The smallest absolute Gasteiger partial charge is 0.263 e. The summed E-state index contributed by atoms with van der Waals surface area (Å²) in [5.41, 5.74) is 1.82. The third-order valence-corrected chi connectivity index (χ3v) is 11.8. The van der Waals surface area contributed by atoms with Gasteiger partial charge in [-0.05, 0) is 41.4 Å². The van der Waals surface area contributed by atoms with Crippen LogP contribution in [0.5, 0.6) is 0 Å². The standard InChI is InChI=1S/C25H31N3O3Si/c1-25(2,3)32(5,6)22(29)16-26-19-12-13-21-17(14-19)15-20(24(31)28(21)4)23(30)27-18-10-8-7-9-11-18/h7-15,26H,16H2,1-6H3,(H,27,30). The summed E-state index contributed by atoms with van der Waals surface area (Å²) in [4.78, 5) is 38.4. The van der Waals surface area contributed by atoms with Crippen molar-refractivity contribution in [3.05, 3.63) is 70.5 Å². The van der Waals surface area contributed by atoms with E-state index in [4.69, 9.17) is 0 Å². The average molecular weight is 450 g/mol. The minimum atomic E-state index is -2.09. The molecule has 0 radical (unpaired) electrons. The summed E-state index contributed by atoms with van der Waals surface area (Å²) >= 11 is 0. The number of fused-ring (bicyclic) bond motifs is 1. The van der Waals surface area contributed by atoms with Gasteiger partial charge in [-0.15, -0.1) is 0 Å². The van der Waals surface area contributed by atoms with Crippen molar-refractivity contribution in [3.8, 4) is 0 Å². The Balaban J connectivity index is 1.88. The number of amides is 1. The second kappa shape index (κ2) is 8.74. The van der Waals surface area contributed by atoms with Crippen LogP contribution in [-0.4, -0.2) is 30.5 Å². The molecule has 0 spiro atoms. The van der Waals surface area contributed by atoms with Gasteiger partial charge >= 0.3 is 0 Å². The van der Waals surface area contributed by atoms with Crippen molar-refractivity contribution in [2.45, 2.75) is 38.9 Å². The highest BCUT2D eigenvalue weighted by Crippen LogP contribution is 2.36. The number of nitrogens with one attached hydrogen (secondary N) is 2. The van der Waals surface area contributed by atoms with Crippen LogP contribution in [0, 0.1) is 0 Å². The first-order chi connectivity index (χ1) is 14.9. The van der Waals surface area contributed by atoms with Crippen LogP contribution in [0.25, 0.3) is 10.9 Å². The quantitative estimate of drug-likeness (QED) is 0.529. The first kappa shape index (κ1) is 23.5. The summed E-state index contributed by atoms with van der Waals surface area (Å²) in [6.07, 6.45) is 0. The van der Waals surface area contributed by atoms with E-state index in [9.17, 15) is 14.4 Å². The van der Waals surface area contributed by atoms with Gasteiger partial charge in [0.15, 0.2) is 0 Å². The fourth-order valence-corrected chi connectivity index (χ4v) is 4.66. The molecule has 0 unspecified atom stereocenters. The number of para-hydroxylation sites is 1. The number of rotatable bonds is 6. The van der Waals surface area contributed by atoms with Crippen molar-refractivity contribution >= 4 is 41.7 Å². The maximum absolute atomic E-state index is 12.9. The van der Waals surface area contributed by atoms with Gasteiger partial charge in [0.1, 0.15) is 19.0 Å². The highest BCUT2D eigenvalue weighted by atomic mass is 28.3. The Morgan fingerprint density at radius 3 is 2.25 bits per heavy atom. The molecule has 32 heavy (non-hydrogen) atoms. The van der Waals surface area contributed by atoms with Crippen LogP contribution >= 0.6 is 0 Å². The van der Waals surface area contributed by atoms with Crippen molar-refractivity contribution in [2.75, 3.05) is 17.2 Å². The Hall–Kier alpha value is -3.19. The largest absolute Gasteiger partial charge is 0.378 e. The fraction of sp³-hybridized carbons (Fsp3) is 0.320. The summed E-state index contributed by atoms with van der Waals surface area (Å²) < 4.78 is 1.47.